The Balaban J connectivity index is 1.43. The molecule has 0 aromatic heterocycles. The third kappa shape index (κ3) is 9.62. The summed E-state index contributed by atoms with van der Waals surface area (Å²) in [6, 6.07) is 16.7. The van der Waals surface area contributed by atoms with E-state index in [1.165, 1.54) is 72.5 Å². The zero-order chi connectivity index (χ0) is 40.0. The molecule has 0 aliphatic carbocycles. The first-order valence-corrected chi connectivity index (χ1v) is 17.2. The molecule has 55 heavy (non-hydrogen) atoms. The number of methoxy groups -OCH3 is 1. The van der Waals surface area contributed by atoms with Crippen LogP contribution in [0, 0.1) is 17.6 Å². The summed E-state index contributed by atoms with van der Waals surface area (Å²) < 4.78 is 65.9. The van der Waals surface area contributed by atoms with Crippen LogP contribution in [0.5, 0.6) is 5.75 Å². The van der Waals surface area contributed by atoms with Gasteiger partial charge in [0.1, 0.15) is 23.5 Å². The lowest BCUT2D eigenvalue weighted by Crippen LogP contribution is -2.64. The molecule has 2 aliphatic heterocycles. The minimum Gasteiger partial charge on any atom is -0.467 e. The maximum atomic E-state index is 13.9. The Morgan fingerprint density at radius 1 is 0.727 bits per heavy atom. The smallest absolute Gasteiger partial charge is 0.339 e. The normalized spacial score (nSPS) is 23.7. The van der Waals surface area contributed by atoms with E-state index in [1.807, 2.05) is 0 Å². The van der Waals surface area contributed by atoms with Gasteiger partial charge >= 0.3 is 29.8 Å². The molecule has 16 heteroatoms. The predicted molar refractivity (Wildman–Crippen MR) is 185 cm³/mol. The van der Waals surface area contributed by atoms with E-state index < -0.39 is 90.3 Å². The van der Waals surface area contributed by atoms with Crippen molar-refractivity contribution < 1.29 is 70.7 Å². The SMILES string of the molecule is COC(=O)[C@@H]1O[C@H](Oc2ccc([C@@H]3[C@@H](CC[C@H](OC(C)=O)c4ccc(F)cc4)C(=O)N3c3ccc(F)cc3)cc2)[C@H](OC(C)=O)[C@@H](OC(C)=O)[C@H]1OC(C)=O. The highest BCUT2D eigenvalue weighted by Crippen LogP contribution is 2.47. The van der Waals surface area contributed by atoms with Gasteiger partial charge in [0.15, 0.2) is 18.3 Å². The van der Waals surface area contributed by atoms with E-state index in [9.17, 15) is 37.5 Å². The molecule has 2 aliphatic rings. The zero-order valence-electron chi connectivity index (χ0n) is 30.5. The van der Waals surface area contributed by atoms with Crippen molar-refractivity contribution in [2.75, 3.05) is 12.0 Å². The van der Waals surface area contributed by atoms with Crippen LogP contribution in [-0.4, -0.2) is 73.6 Å². The average molecular weight is 768 g/mol. The molecule has 3 aromatic rings. The lowest BCUT2D eigenvalue weighted by atomic mass is 9.78. The molecule has 0 N–H and O–H groups in total. The van der Waals surface area contributed by atoms with Gasteiger partial charge in [-0.3, -0.25) is 24.0 Å². The fourth-order valence-corrected chi connectivity index (χ4v) is 6.66. The van der Waals surface area contributed by atoms with Gasteiger partial charge in [-0.05, 0) is 72.5 Å². The van der Waals surface area contributed by atoms with Crippen molar-refractivity contribution in [2.24, 2.45) is 5.92 Å². The maximum Gasteiger partial charge on any atom is 0.339 e. The lowest BCUT2D eigenvalue weighted by Gasteiger charge is -2.48. The number of nitrogens with zero attached hydrogens (tertiary/aromatic N) is 1. The van der Waals surface area contributed by atoms with Crippen molar-refractivity contribution in [3.05, 3.63) is 95.6 Å². The zero-order valence-corrected chi connectivity index (χ0v) is 30.5. The highest BCUT2D eigenvalue weighted by atomic mass is 19.1. The summed E-state index contributed by atoms with van der Waals surface area (Å²) in [5.41, 5.74) is 1.63. The molecule has 0 saturated carbocycles. The Labute approximate surface area is 314 Å². The molecule has 0 bridgehead atoms. The third-order valence-corrected chi connectivity index (χ3v) is 8.92. The van der Waals surface area contributed by atoms with Gasteiger partial charge in [0.05, 0.1) is 19.1 Å². The van der Waals surface area contributed by atoms with Crippen LogP contribution in [-0.2, 0) is 57.2 Å². The number of anilines is 1. The topological polar surface area (TPSA) is 170 Å². The first kappa shape index (κ1) is 40.3. The Morgan fingerprint density at radius 2 is 1.27 bits per heavy atom. The number of hydrogen-bond donors (Lipinski definition) is 0. The van der Waals surface area contributed by atoms with Crippen LogP contribution in [0.1, 0.15) is 63.8 Å². The van der Waals surface area contributed by atoms with Crippen molar-refractivity contribution in [3.63, 3.8) is 0 Å². The molecule has 8 atom stereocenters. The van der Waals surface area contributed by atoms with Crippen LogP contribution >= 0.6 is 0 Å². The summed E-state index contributed by atoms with van der Waals surface area (Å²) in [5.74, 6) is -5.77. The number of benzene rings is 3. The molecule has 2 heterocycles. The van der Waals surface area contributed by atoms with Crippen molar-refractivity contribution in [1.82, 2.24) is 0 Å². The highest BCUT2D eigenvalue weighted by molar-refractivity contribution is 6.03. The van der Waals surface area contributed by atoms with Gasteiger partial charge < -0.3 is 38.1 Å². The number of amides is 1. The molecule has 0 spiro atoms. The number of carbonyl (C=O) groups is 6. The molecule has 292 valence electrons. The third-order valence-electron chi connectivity index (χ3n) is 8.92. The Morgan fingerprint density at radius 3 is 1.82 bits per heavy atom. The number of ether oxygens (including phenoxy) is 7. The monoisotopic (exact) mass is 767 g/mol. The van der Waals surface area contributed by atoms with Crippen molar-refractivity contribution >= 4 is 41.4 Å². The Kier molecular flexibility index (Phi) is 12.8. The average Bonchev–Trinajstić information content (AvgIpc) is 3.13. The van der Waals surface area contributed by atoms with Gasteiger partial charge in [0.2, 0.25) is 18.3 Å². The molecule has 3 aromatic carbocycles. The number of hydrogen-bond acceptors (Lipinski definition) is 13. The fourth-order valence-electron chi connectivity index (χ4n) is 6.66. The summed E-state index contributed by atoms with van der Waals surface area (Å²) in [5, 5.41) is 0. The predicted octanol–water partition coefficient (Wildman–Crippen LogP) is 4.83. The second-order valence-electron chi connectivity index (χ2n) is 12.8. The molecule has 14 nitrogen and oxygen atoms in total. The first-order valence-electron chi connectivity index (χ1n) is 17.2. The summed E-state index contributed by atoms with van der Waals surface area (Å²) in [7, 11) is 1.07. The molecular formula is C39H39F2NO13. The van der Waals surface area contributed by atoms with E-state index in [4.69, 9.17) is 33.2 Å². The summed E-state index contributed by atoms with van der Waals surface area (Å²) in [6.45, 7) is 4.47. The molecule has 2 saturated heterocycles. The fraction of sp³-hybridized carbons (Fsp3) is 0.385. The summed E-state index contributed by atoms with van der Waals surface area (Å²) >= 11 is 0. The van der Waals surface area contributed by atoms with Gasteiger partial charge in [-0.1, -0.05) is 24.3 Å². The summed E-state index contributed by atoms with van der Waals surface area (Å²) in [4.78, 5) is 76.3. The molecule has 0 unspecified atom stereocenters. The van der Waals surface area contributed by atoms with Crippen LogP contribution in [0.4, 0.5) is 14.5 Å². The van der Waals surface area contributed by atoms with Crippen LogP contribution in [0.2, 0.25) is 0 Å². The lowest BCUT2D eigenvalue weighted by molar-refractivity contribution is -0.282. The van der Waals surface area contributed by atoms with Crippen LogP contribution < -0.4 is 9.64 Å². The van der Waals surface area contributed by atoms with E-state index in [-0.39, 0.29) is 24.5 Å². The highest BCUT2D eigenvalue weighted by Gasteiger charge is 2.56. The molecular weight excluding hydrogens is 728 g/mol. The van der Waals surface area contributed by atoms with E-state index >= 15 is 0 Å². The van der Waals surface area contributed by atoms with Crippen molar-refractivity contribution in [2.45, 2.75) is 83.4 Å². The standard InChI is InChI=1S/C39H39F2NO13/c1-20(43)50-31(24-6-10-26(40)11-7-24)19-18-30-32(42(37(30)47)28-14-12-27(41)13-15-28)25-8-16-29(17-9-25)54-39-36(53-23(4)46)34(52-22(3)45)33(51-21(2)44)35(55-39)38(48)49-5/h6-17,30-36,39H,18-19H2,1-5H3/t30-,31+,32-,33-,34+,35-,36-,39+/m1/s1. The van der Waals surface area contributed by atoms with E-state index in [0.717, 1.165) is 27.9 Å². The van der Waals surface area contributed by atoms with Gasteiger partial charge in [-0.25, -0.2) is 13.6 Å². The number of carbonyl (C=O) groups excluding carboxylic acids is 6. The van der Waals surface area contributed by atoms with Crippen molar-refractivity contribution in [3.8, 4) is 5.75 Å². The van der Waals surface area contributed by atoms with Gasteiger partial charge in [-0.15, -0.1) is 0 Å². The second kappa shape index (κ2) is 17.5. The van der Waals surface area contributed by atoms with Gasteiger partial charge in [0.25, 0.3) is 0 Å². The minimum atomic E-state index is -1.66. The van der Waals surface area contributed by atoms with E-state index in [1.54, 1.807) is 12.1 Å². The van der Waals surface area contributed by atoms with Crippen LogP contribution in [0.25, 0.3) is 0 Å². The first-order chi connectivity index (χ1) is 26.2. The van der Waals surface area contributed by atoms with Crippen LogP contribution in [0.15, 0.2) is 72.8 Å². The number of rotatable bonds is 13. The van der Waals surface area contributed by atoms with Crippen molar-refractivity contribution in [1.29, 1.82) is 0 Å². The van der Waals surface area contributed by atoms with Crippen LogP contribution in [0.3, 0.4) is 0 Å². The van der Waals surface area contributed by atoms with Gasteiger partial charge in [0, 0.05) is 33.4 Å². The van der Waals surface area contributed by atoms with E-state index in [0.29, 0.717) is 16.8 Å². The second-order valence-corrected chi connectivity index (χ2v) is 12.8. The maximum absolute atomic E-state index is 13.9. The summed E-state index contributed by atoms with van der Waals surface area (Å²) in [6.07, 6.45) is -8.18. The Bertz CT molecular complexity index is 1890. The number of halogens is 2. The molecule has 5 rings (SSSR count). The molecule has 1 amide bonds. The minimum absolute atomic E-state index is 0.129. The van der Waals surface area contributed by atoms with Gasteiger partial charge in [-0.2, -0.15) is 0 Å². The number of β-lactam (4-membered cyclic amide) rings is 1. The quantitative estimate of drug-likeness (QED) is 0.132. The largest absolute Gasteiger partial charge is 0.467 e. The molecule has 0 radical (unpaired) electrons. The molecule has 2 fully saturated rings. The van der Waals surface area contributed by atoms with E-state index in [2.05, 4.69) is 0 Å². The number of esters is 5. The Hall–Kier alpha value is -5.90.